The number of halogens is 1. The van der Waals surface area contributed by atoms with Crippen LogP contribution in [-0.4, -0.2) is 35.0 Å². The number of benzene rings is 1. The predicted octanol–water partition coefficient (Wildman–Crippen LogP) is 2.46. The zero-order valence-corrected chi connectivity index (χ0v) is 11.4. The molecule has 0 atom stereocenters. The summed E-state index contributed by atoms with van der Waals surface area (Å²) in [6.07, 6.45) is 1.53. The Balaban J connectivity index is 2.02. The second-order valence-corrected chi connectivity index (χ2v) is 5.25. The van der Waals surface area contributed by atoms with Gasteiger partial charge in [-0.25, -0.2) is 4.39 Å². The lowest BCUT2D eigenvalue weighted by Gasteiger charge is -2.31. The molecule has 1 aromatic rings. The average Bonchev–Trinajstić information content (AvgIpc) is 2.41. The molecule has 0 bridgehead atoms. The van der Waals surface area contributed by atoms with Crippen LogP contribution in [0.15, 0.2) is 18.2 Å². The molecule has 2 rings (SSSR count). The van der Waals surface area contributed by atoms with Gasteiger partial charge in [0.1, 0.15) is 5.82 Å². The standard InChI is InChI=1S/C15H18FNO3/c1-10-12(3-2-4-13(10)16)15(20)17-7-5-11(6-8-17)9-14(18)19/h2-4,11H,5-9H2,1H3,(H,18,19). The van der Waals surface area contributed by atoms with Crippen molar-refractivity contribution < 1.29 is 19.1 Å². The number of carboxylic acid groups (broad SMARTS) is 1. The van der Waals surface area contributed by atoms with Crippen molar-refractivity contribution in [3.05, 3.63) is 35.1 Å². The highest BCUT2D eigenvalue weighted by molar-refractivity contribution is 5.95. The third-order valence-corrected chi connectivity index (χ3v) is 3.86. The Hall–Kier alpha value is -1.91. The lowest BCUT2D eigenvalue weighted by atomic mass is 9.93. The van der Waals surface area contributed by atoms with Crippen LogP contribution in [0.2, 0.25) is 0 Å². The Morgan fingerprint density at radius 1 is 1.35 bits per heavy atom. The predicted molar refractivity (Wildman–Crippen MR) is 72.0 cm³/mol. The second-order valence-electron chi connectivity index (χ2n) is 5.25. The molecule has 5 heteroatoms. The first-order chi connectivity index (χ1) is 9.49. The summed E-state index contributed by atoms with van der Waals surface area (Å²) in [4.78, 5) is 24.7. The summed E-state index contributed by atoms with van der Waals surface area (Å²) in [6, 6.07) is 4.50. The molecule has 1 saturated heterocycles. The van der Waals surface area contributed by atoms with Crippen LogP contribution in [0, 0.1) is 18.7 Å². The molecule has 4 nitrogen and oxygen atoms in total. The van der Waals surface area contributed by atoms with Gasteiger partial charge < -0.3 is 10.0 Å². The quantitative estimate of drug-likeness (QED) is 0.924. The lowest BCUT2D eigenvalue weighted by molar-refractivity contribution is -0.138. The number of amides is 1. The first kappa shape index (κ1) is 14.5. The average molecular weight is 279 g/mol. The maximum Gasteiger partial charge on any atom is 0.303 e. The molecule has 0 radical (unpaired) electrons. The highest BCUT2D eigenvalue weighted by atomic mass is 19.1. The number of carbonyl (C=O) groups excluding carboxylic acids is 1. The Morgan fingerprint density at radius 2 is 2.00 bits per heavy atom. The number of aliphatic carboxylic acids is 1. The van der Waals surface area contributed by atoms with Crippen LogP contribution in [0.1, 0.15) is 35.2 Å². The molecule has 0 unspecified atom stereocenters. The number of carbonyl (C=O) groups is 2. The molecule has 1 aliphatic rings. The minimum atomic E-state index is -0.796. The molecule has 0 aliphatic carbocycles. The van der Waals surface area contributed by atoms with Gasteiger partial charge in [0.2, 0.25) is 0 Å². The van der Waals surface area contributed by atoms with Gasteiger partial charge in [-0.3, -0.25) is 9.59 Å². The molecule has 0 aromatic heterocycles. The van der Waals surface area contributed by atoms with E-state index in [1.54, 1.807) is 17.9 Å². The maximum absolute atomic E-state index is 13.5. The fourth-order valence-corrected chi connectivity index (χ4v) is 2.60. The van der Waals surface area contributed by atoms with Crippen LogP contribution in [-0.2, 0) is 4.79 Å². The molecule has 1 aromatic carbocycles. The van der Waals surface area contributed by atoms with Crippen LogP contribution in [0.4, 0.5) is 4.39 Å². The third kappa shape index (κ3) is 3.15. The summed E-state index contributed by atoms with van der Waals surface area (Å²) in [6.45, 7) is 2.67. The molecule has 108 valence electrons. The highest BCUT2D eigenvalue weighted by Gasteiger charge is 2.26. The molecule has 1 amide bonds. The first-order valence-corrected chi connectivity index (χ1v) is 6.75. The van der Waals surface area contributed by atoms with Crippen LogP contribution in [0.3, 0.4) is 0 Å². The van der Waals surface area contributed by atoms with Gasteiger partial charge in [0.05, 0.1) is 0 Å². The number of rotatable bonds is 3. The summed E-state index contributed by atoms with van der Waals surface area (Å²) in [5.41, 5.74) is 0.756. The Labute approximate surface area is 117 Å². The minimum absolute atomic E-state index is 0.130. The van der Waals surface area contributed by atoms with Crippen molar-refractivity contribution in [3.8, 4) is 0 Å². The molecular weight excluding hydrogens is 261 g/mol. The number of carboxylic acids is 1. The topological polar surface area (TPSA) is 57.6 Å². The fraction of sp³-hybridized carbons (Fsp3) is 0.467. The number of hydrogen-bond acceptors (Lipinski definition) is 2. The van der Waals surface area contributed by atoms with Gasteiger partial charge in [-0.2, -0.15) is 0 Å². The third-order valence-electron chi connectivity index (χ3n) is 3.86. The van der Waals surface area contributed by atoms with Crippen molar-refractivity contribution in [1.82, 2.24) is 4.90 Å². The monoisotopic (exact) mass is 279 g/mol. The van der Waals surface area contributed by atoms with Crippen LogP contribution < -0.4 is 0 Å². The molecule has 1 aliphatic heterocycles. The number of hydrogen-bond donors (Lipinski definition) is 1. The summed E-state index contributed by atoms with van der Waals surface area (Å²) in [5.74, 6) is -1.21. The van der Waals surface area contributed by atoms with E-state index in [0.29, 0.717) is 37.1 Å². The normalized spacial score (nSPS) is 16.2. The van der Waals surface area contributed by atoms with Gasteiger partial charge in [0.15, 0.2) is 0 Å². The van der Waals surface area contributed by atoms with Crippen LogP contribution in [0.25, 0.3) is 0 Å². The van der Waals surface area contributed by atoms with Crippen molar-refractivity contribution in [2.24, 2.45) is 5.92 Å². The molecular formula is C15H18FNO3. The van der Waals surface area contributed by atoms with E-state index in [1.807, 2.05) is 0 Å². The van der Waals surface area contributed by atoms with Crippen molar-refractivity contribution in [1.29, 1.82) is 0 Å². The van der Waals surface area contributed by atoms with Gasteiger partial charge >= 0.3 is 5.97 Å². The number of nitrogens with zero attached hydrogens (tertiary/aromatic N) is 1. The molecule has 1 N–H and O–H groups in total. The van der Waals surface area contributed by atoms with Crippen molar-refractivity contribution in [2.45, 2.75) is 26.2 Å². The second kappa shape index (κ2) is 6.03. The van der Waals surface area contributed by atoms with E-state index in [2.05, 4.69) is 0 Å². The summed E-state index contributed by atoms with van der Waals surface area (Å²) >= 11 is 0. The molecule has 0 spiro atoms. The summed E-state index contributed by atoms with van der Waals surface area (Å²) < 4.78 is 13.5. The van der Waals surface area contributed by atoms with E-state index >= 15 is 0 Å². The van der Waals surface area contributed by atoms with Crippen molar-refractivity contribution in [3.63, 3.8) is 0 Å². The van der Waals surface area contributed by atoms with Crippen LogP contribution >= 0.6 is 0 Å². The van der Waals surface area contributed by atoms with E-state index in [-0.39, 0.29) is 24.1 Å². The molecule has 1 fully saturated rings. The Kier molecular flexibility index (Phi) is 4.37. The summed E-state index contributed by atoms with van der Waals surface area (Å²) in [5, 5.41) is 8.76. The molecule has 1 heterocycles. The van der Waals surface area contributed by atoms with Crippen LogP contribution in [0.5, 0.6) is 0 Å². The number of likely N-dealkylation sites (tertiary alicyclic amines) is 1. The zero-order valence-electron chi connectivity index (χ0n) is 11.4. The van der Waals surface area contributed by atoms with Gasteiger partial charge in [0.25, 0.3) is 5.91 Å². The fourth-order valence-electron chi connectivity index (χ4n) is 2.60. The zero-order chi connectivity index (χ0) is 14.7. The summed E-state index contributed by atoms with van der Waals surface area (Å²) in [7, 11) is 0. The SMILES string of the molecule is Cc1c(F)cccc1C(=O)N1CCC(CC(=O)O)CC1. The molecule has 20 heavy (non-hydrogen) atoms. The smallest absolute Gasteiger partial charge is 0.303 e. The van der Waals surface area contributed by atoms with Gasteiger partial charge in [-0.15, -0.1) is 0 Å². The van der Waals surface area contributed by atoms with Crippen molar-refractivity contribution in [2.75, 3.05) is 13.1 Å². The highest BCUT2D eigenvalue weighted by Crippen LogP contribution is 2.23. The van der Waals surface area contributed by atoms with E-state index in [1.165, 1.54) is 12.1 Å². The van der Waals surface area contributed by atoms with E-state index < -0.39 is 5.97 Å². The van der Waals surface area contributed by atoms with Gasteiger partial charge in [-0.1, -0.05) is 6.07 Å². The van der Waals surface area contributed by atoms with Gasteiger partial charge in [-0.05, 0) is 43.4 Å². The largest absolute Gasteiger partial charge is 0.481 e. The maximum atomic E-state index is 13.5. The number of piperidine rings is 1. The Bertz CT molecular complexity index is 522. The van der Waals surface area contributed by atoms with E-state index in [4.69, 9.17) is 5.11 Å². The van der Waals surface area contributed by atoms with E-state index in [9.17, 15) is 14.0 Å². The van der Waals surface area contributed by atoms with E-state index in [0.717, 1.165) is 0 Å². The first-order valence-electron chi connectivity index (χ1n) is 6.75. The van der Waals surface area contributed by atoms with Crippen molar-refractivity contribution >= 4 is 11.9 Å². The molecule has 0 saturated carbocycles. The lowest BCUT2D eigenvalue weighted by Crippen LogP contribution is -2.39. The minimum Gasteiger partial charge on any atom is -0.481 e. The Morgan fingerprint density at radius 3 is 2.60 bits per heavy atom. The van der Waals surface area contributed by atoms with Gasteiger partial charge in [0, 0.05) is 25.1 Å².